The molecule has 182 valence electrons. The average molecular weight is 489 g/mol. The summed E-state index contributed by atoms with van der Waals surface area (Å²) >= 11 is 0. The Morgan fingerprint density at radius 1 is 1.19 bits per heavy atom. The van der Waals surface area contributed by atoms with E-state index in [0.717, 1.165) is 6.07 Å². The highest BCUT2D eigenvalue weighted by Gasteiger charge is 2.23. The summed E-state index contributed by atoms with van der Waals surface area (Å²) in [5, 5.41) is 11.8. The van der Waals surface area contributed by atoms with Crippen molar-refractivity contribution in [1.29, 1.82) is 5.26 Å². The maximum Gasteiger partial charge on any atom is 0.412 e. The second-order valence-electron chi connectivity index (χ2n) is 7.47. The van der Waals surface area contributed by atoms with Crippen LogP contribution in [0.5, 0.6) is 5.75 Å². The van der Waals surface area contributed by atoms with Crippen LogP contribution < -0.4 is 15.0 Å². The van der Waals surface area contributed by atoms with E-state index in [2.05, 4.69) is 25.0 Å². The zero-order valence-electron chi connectivity index (χ0n) is 19.5. The van der Waals surface area contributed by atoms with Crippen molar-refractivity contribution < 1.29 is 23.5 Å². The first-order chi connectivity index (χ1) is 17.4. The van der Waals surface area contributed by atoms with Gasteiger partial charge in [0.2, 0.25) is 0 Å². The van der Waals surface area contributed by atoms with Crippen LogP contribution in [0.1, 0.15) is 16.2 Å². The second kappa shape index (κ2) is 10.1. The monoisotopic (exact) mass is 489 g/mol. The number of hydrogen-bond donors (Lipinski definition) is 1. The highest BCUT2D eigenvalue weighted by atomic mass is 19.1. The van der Waals surface area contributed by atoms with Gasteiger partial charge < -0.3 is 9.47 Å². The third-order valence-electron chi connectivity index (χ3n) is 5.27. The molecule has 36 heavy (non-hydrogen) atoms. The molecule has 11 nitrogen and oxygen atoms in total. The molecule has 2 amide bonds. The Hall–Kier alpha value is -5.05. The minimum atomic E-state index is -0.643. The van der Waals surface area contributed by atoms with Crippen LogP contribution in [0.15, 0.2) is 48.9 Å². The number of aromatic nitrogens is 4. The van der Waals surface area contributed by atoms with E-state index < -0.39 is 17.8 Å². The third-order valence-corrected chi connectivity index (χ3v) is 5.27. The van der Waals surface area contributed by atoms with Crippen molar-refractivity contribution in [2.75, 3.05) is 31.0 Å². The average Bonchev–Trinajstić information content (AvgIpc) is 3.32. The van der Waals surface area contributed by atoms with Crippen LogP contribution in [0, 0.1) is 24.1 Å². The zero-order chi connectivity index (χ0) is 25.8. The fourth-order valence-corrected chi connectivity index (χ4v) is 3.54. The highest BCUT2D eigenvalue weighted by molar-refractivity contribution is 6.05. The van der Waals surface area contributed by atoms with Gasteiger partial charge in [-0.1, -0.05) is 0 Å². The van der Waals surface area contributed by atoms with E-state index in [0.29, 0.717) is 28.4 Å². The molecule has 0 saturated carbocycles. The predicted molar refractivity (Wildman–Crippen MR) is 127 cm³/mol. The van der Waals surface area contributed by atoms with Crippen LogP contribution in [0.3, 0.4) is 0 Å². The maximum atomic E-state index is 13.9. The fraction of sp³-hybridized carbons (Fsp3) is 0.167. The first-order valence-corrected chi connectivity index (χ1v) is 10.5. The SMILES string of the molecule is COC(=O)Nc1ccc(-c2cnc3c(C)nc(C(=O)N(CC#N)c4ccc(F)c(OC)c4)cn23)cn1. The first-order valence-electron chi connectivity index (χ1n) is 10.5. The minimum Gasteiger partial charge on any atom is -0.494 e. The summed E-state index contributed by atoms with van der Waals surface area (Å²) in [6.07, 6.45) is 4.02. The first kappa shape index (κ1) is 24.1. The van der Waals surface area contributed by atoms with Crippen molar-refractivity contribution in [2.45, 2.75) is 6.92 Å². The van der Waals surface area contributed by atoms with Gasteiger partial charge >= 0.3 is 6.09 Å². The van der Waals surface area contributed by atoms with Gasteiger partial charge in [0.05, 0.1) is 37.9 Å². The van der Waals surface area contributed by atoms with Crippen LogP contribution in [0.25, 0.3) is 16.9 Å². The molecule has 0 bridgehead atoms. The summed E-state index contributed by atoms with van der Waals surface area (Å²) in [4.78, 5) is 39.0. The molecule has 0 saturated heterocycles. The van der Waals surface area contributed by atoms with E-state index in [1.54, 1.807) is 35.9 Å². The molecule has 0 fully saturated rings. The number of methoxy groups -OCH3 is 2. The van der Waals surface area contributed by atoms with Gasteiger partial charge in [-0.2, -0.15) is 5.26 Å². The van der Waals surface area contributed by atoms with Crippen molar-refractivity contribution in [1.82, 2.24) is 19.4 Å². The van der Waals surface area contributed by atoms with Crippen LogP contribution >= 0.6 is 0 Å². The predicted octanol–water partition coefficient (Wildman–Crippen LogP) is 3.60. The molecule has 0 aliphatic heterocycles. The number of nitrogens with zero attached hydrogens (tertiary/aromatic N) is 6. The van der Waals surface area contributed by atoms with Gasteiger partial charge in [0, 0.05) is 29.7 Å². The summed E-state index contributed by atoms with van der Waals surface area (Å²) < 4.78 is 25.2. The summed E-state index contributed by atoms with van der Waals surface area (Å²) in [5.41, 5.74) is 2.63. The zero-order valence-corrected chi connectivity index (χ0v) is 19.5. The summed E-state index contributed by atoms with van der Waals surface area (Å²) in [6.45, 7) is 1.42. The molecule has 3 heterocycles. The number of carbonyl (C=O) groups is 2. The second-order valence-corrected chi connectivity index (χ2v) is 7.47. The maximum absolute atomic E-state index is 13.9. The van der Waals surface area contributed by atoms with E-state index in [4.69, 9.17) is 4.74 Å². The van der Waals surface area contributed by atoms with Gasteiger partial charge in [-0.3, -0.25) is 19.4 Å². The number of anilines is 2. The Morgan fingerprint density at radius 3 is 2.67 bits per heavy atom. The number of imidazole rings is 1. The van der Waals surface area contributed by atoms with Crippen LogP contribution in [-0.2, 0) is 4.74 Å². The van der Waals surface area contributed by atoms with E-state index in [1.165, 1.54) is 37.4 Å². The molecule has 12 heteroatoms. The number of fused-ring (bicyclic) bond motifs is 1. The molecule has 0 aliphatic carbocycles. The van der Waals surface area contributed by atoms with Crippen LogP contribution in [0.2, 0.25) is 0 Å². The lowest BCUT2D eigenvalue weighted by Crippen LogP contribution is -2.32. The number of ether oxygens (including phenoxy) is 2. The number of hydrogen-bond acceptors (Lipinski definition) is 8. The number of benzene rings is 1. The lowest BCUT2D eigenvalue weighted by Gasteiger charge is -2.20. The molecule has 0 spiro atoms. The lowest BCUT2D eigenvalue weighted by molar-refractivity contribution is 0.0984. The molecule has 0 atom stereocenters. The number of rotatable bonds is 6. The smallest absolute Gasteiger partial charge is 0.412 e. The van der Waals surface area contributed by atoms with Crippen molar-refractivity contribution in [3.63, 3.8) is 0 Å². The number of pyridine rings is 1. The minimum absolute atomic E-state index is 0.0507. The van der Waals surface area contributed by atoms with Gasteiger partial charge in [0.25, 0.3) is 5.91 Å². The van der Waals surface area contributed by atoms with E-state index in [1.807, 2.05) is 6.07 Å². The summed E-state index contributed by atoms with van der Waals surface area (Å²) in [7, 11) is 2.56. The molecule has 4 rings (SSSR count). The largest absolute Gasteiger partial charge is 0.494 e. The third kappa shape index (κ3) is 4.62. The molecule has 0 unspecified atom stereocenters. The van der Waals surface area contributed by atoms with Crippen LogP contribution in [-0.4, -0.2) is 52.1 Å². The van der Waals surface area contributed by atoms with Crippen molar-refractivity contribution in [3.8, 4) is 23.1 Å². The van der Waals surface area contributed by atoms with Crippen molar-refractivity contribution in [3.05, 3.63) is 66.1 Å². The normalized spacial score (nSPS) is 10.5. The Labute approximate surface area is 204 Å². The number of amides is 2. The van der Waals surface area contributed by atoms with Gasteiger partial charge in [-0.25, -0.2) is 24.1 Å². The standard InChI is InChI=1S/C24H20FN7O4/c1-14-22-28-12-19(15-4-7-21(27-11-15)30-24(34)36-3)32(22)13-18(29-14)23(33)31(9-8-26)16-5-6-17(25)20(10-16)35-2/h4-7,10-13H,9H2,1-3H3,(H,27,30,34). The Kier molecular flexibility index (Phi) is 6.73. The fourth-order valence-electron chi connectivity index (χ4n) is 3.54. The number of carbonyl (C=O) groups excluding carboxylic acids is 2. The number of nitriles is 1. The molecule has 0 radical (unpaired) electrons. The molecule has 1 aromatic carbocycles. The molecular formula is C24H20FN7O4. The van der Waals surface area contributed by atoms with Crippen molar-refractivity contribution in [2.24, 2.45) is 0 Å². The summed E-state index contributed by atoms with van der Waals surface area (Å²) in [6, 6.07) is 9.17. The van der Waals surface area contributed by atoms with Gasteiger partial charge in [-0.05, 0) is 31.2 Å². The van der Waals surface area contributed by atoms with E-state index in [-0.39, 0.29) is 23.7 Å². The Bertz CT molecular complexity index is 1500. The van der Waals surface area contributed by atoms with Crippen molar-refractivity contribution >= 4 is 29.2 Å². The summed E-state index contributed by atoms with van der Waals surface area (Å²) in [5.74, 6) is -0.913. The van der Waals surface area contributed by atoms with E-state index in [9.17, 15) is 19.2 Å². The lowest BCUT2D eigenvalue weighted by atomic mass is 10.2. The molecule has 3 aromatic heterocycles. The van der Waals surface area contributed by atoms with E-state index >= 15 is 0 Å². The number of halogens is 1. The van der Waals surface area contributed by atoms with Crippen LogP contribution in [0.4, 0.5) is 20.7 Å². The Balaban J connectivity index is 1.73. The molecule has 0 aliphatic rings. The van der Waals surface area contributed by atoms with Gasteiger partial charge in [0.1, 0.15) is 18.1 Å². The van der Waals surface area contributed by atoms with Gasteiger partial charge in [-0.15, -0.1) is 0 Å². The highest BCUT2D eigenvalue weighted by Crippen LogP contribution is 2.27. The number of nitrogens with one attached hydrogen (secondary N) is 1. The topological polar surface area (TPSA) is 135 Å². The molecular weight excluding hydrogens is 469 g/mol. The Morgan fingerprint density at radius 2 is 2.00 bits per heavy atom. The quantitative estimate of drug-likeness (QED) is 0.406. The van der Waals surface area contributed by atoms with Gasteiger partial charge in [0.15, 0.2) is 17.2 Å². The number of aryl methyl sites for hydroxylation is 1. The molecule has 4 aromatic rings. The molecule has 1 N–H and O–H groups in total.